The lowest BCUT2D eigenvalue weighted by molar-refractivity contribution is 0.232. The molecule has 20 heavy (non-hydrogen) atoms. The predicted molar refractivity (Wildman–Crippen MR) is 81.9 cm³/mol. The number of benzene rings is 1. The van der Waals surface area contributed by atoms with Crippen molar-refractivity contribution in [2.75, 3.05) is 27.4 Å². The van der Waals surface area contributed by atoms with E-state index in [-0.39, 0.29) is 0 Å². The molecule has 4 nitrogen and oxygen atoms in total. The van der Waals surface area contributed by atoms with Crippen LogP contribution < -0.4 is 19.5 Å². The predicted octanol–water partition coefficient (Wildman–Crippen LogP) is 3.24. The molecule has 1 aromatic carbocycles. The minimum atomic E-state index is 0.505. The Hall–Kier alpha value is -1.42. The lowest BCUT2D eigenvalue weighted by Crippen LogP contribution is -2.13. The molecule has 0 bridgehead atoms. The van der Waals surface area contributed by atoms with Crippen molar-refractivity contribution in [1.29, 1.82) is 0 Å². The maximum Gasteiger partial charge on any atom is 0.203 e. The molecule has 1 N–H and O–H groups in total. The monoisotopic (exact) mass is 281 g/mol. The number of nitrogens with one attached hydrogen (secondary N) is 1. The van der Waals surface area contributed by atoms with Crippen molar-refractivity contribution in [3.8, 4) is 17.2 Å². The van der Waals surface area contributed by atoms with Crippen LogP contribution in [0.3, 0.4) is 0 Å². The molecule has 0 amide bonds. The van der Waals surface area contributed by atoms with Gasteiger partial charge in [0.2, 0.25) is 5.75 Å². The van der Waals surface area contributed by atoms with E-state index >= 15 is 0 Å². The quantitative estimate of drug-likeness (QED) is 0.754. The molecule has 1 rings (SSSR count). The van der Waals surface area contributed by atoms with E-state index in [9.17, 15) is 0 Å². The van der Waals surface area contributed by atoms with Gasteiger partial charge < -0.3 is 19.5 Å². The van der Waals surface area contributed by atoms with Crippen molar-refractivity contribution < 1.29 is 14.2 Å². The molecular weight excluding hydrogens is 254 g/mol. The van der Waals surface area contributed by atoms with Crippen LogP contribution in [0.1, 0.15) is 32.8 Å². The maximum absolute atomic E-state index is 5.89. The van der Waals surface area contributed by atoms with Gasteiger partial charge in [0.25, 0.3) is 0 Å². The number of hydrogen-bond donors (Lipinski definition) is 1. The van der Waals surface area contributed by atoms with Gasteiger partial charge in [-0.1, -0.05) is 27.2 Å². The summed E-state index contributed by atoms with van der Waals surface area (Å²) in [7, 11) is 3.31. The highest BCUT2D eigenvalue weighted by Crippen LogP contribution is 2.38. The summed E-state index contributed by atoms with van der Waals surface area (Å²) in [5.74, 6) is 2.64. The van der Waals surface area contributed by atoms with Crippen molar-refractivity contribution in [2.24, 2.45) is 5.92 Å². The normalized spacial score (nSPS) is 12.1. The topological polar surface area (TPSA) is 39.7 Å². The summed E-state index contributed by atoms with van der Waals surface area (Å²) in [6, 6.07) is 3.99. The van der Waals surface area contributed by atoms with Crippen LogP contribution in [0.25, 0.3) is 0 Å². The second kappa shape index (κ2) is 8.69. The Morgan fingerprint density at radius 2 is 1.70 bits per heavy atom. The van der Waals surface area contributed by atoms with E-state index in [1.807, 2.05) is 12.1 Å². The number of methoxy groups -OCH3 is 2. The third-order valence-corrected chi connectivity index (χ3v) is 3.31. The molecule has 1 unspecified atom stereocenters. The molecule has 0 fully saturated rings. The summed E-state index contributed by atoms with van der Waals surface area (Å²) in [6.45, 7) is 8.78. The summed E-state index contributed by atoms with van der Waals surface area (Å²) in [6.07, 6.45) is 1.09. The highest BCUT2D eigenvalue weighted by atomic mass is 16.5. The zero-order valence-electron chi connectivity index (χ0n) is 13.3. The standard InChI is InChI=1S/C16H27NO3/c1-6-12(3)11-20-16-14(18-4)8-13(10-17-7-2)9-15(16)19-5/h8-9,12,17H,6-7,10-11H2,1-5H3. The molecule has 0 heterocycles. The fraction of sp³-hybridized carbons (Fsp3) is 0.625. The Morgan fingerprint density at radius 1 is 1.10 bits per heavy atom. The molecule has 1 aromatic rings. The number of ether oxygens (including phenoxy) is 3. The molecule has 0 saturated carbocycles. The van der Waals surface area contributed by atoms with Crippen LogP contribution in [0.2, 0.25) is 0 Å². The Kier molecular flexibility index (Phi) is 7.23. The van der Waals surface area contributed by atoms with Gasteiger partial charge in [0.05, 0.1) is 20.8 Å². The maximum atomic E-state index is 5.89. The van der Waals surface area contributed by atoms with E-state index < -0.39 is 0 Å². The smallest absolute Gasteiger partial charge is 0.203 e. The molecule has 0 aliphatic rings. The second-order valence-corrected chi connectivity index (χ2v) is 4.93. The van der Waals surface area contributed by atoms with E-state index in [4.69, 9.17) is 14.2 Å². The van der Waals surface area contributed by atoms with Gasteiger partial charge in [0, 0.05) is 6.54 Å². The van der Waals surface area contributed by atoms with E-state index in [1.165, 1.54) is 0 Å². The van der Waals surface area contributed by atoms with Gasteiger partial charge >= 0.3 is 0 Å². The first-order valence-electron chi connectivity index (χ1n) is 7.24. The van der Waals surface area contributed by atoms with E-state index in [0.717, 1.165) is 36.6 Å². The Morgan fingerprint density at radius 3 is 2.15 bits per heavy atom. The lowest BCUT2D eigenvalue weighted by Gasteiger charge is -2.18. The first-order valence-corrected chi connectivity index (χ1v) is 7.24. The van der Waals surface area contributed by atoms with Gasteiger partial charge in [-0.3, -0.25) is 0 Å². The number of rotatable bonds is 9. The summed E-state index contributed by atoms with van der Waals surface area (Å²) in [4.78, 5) is 0. The molecule has 0 radical (unpaired) electrons. The third kappa shape index (κ3) is 4.60. The van der Waals surface area contributed by atoms with Gasteiger partial charge in [0.1, 0.15) is 0 Å². The van der Waals surface area contributed by atoms with E-state index in [1.54, 1.807) is 14.2 Å². The molecular formula is C16H27NO3. The van der Waals surface area contributed by atoms with Gasteiger partial charge in [-0.05, 0) is 30.2 Å². The van der Waals surface area contributed by atoms with Gasteiger partial charge in [-0.15, -0.1) is 0 Å². The van der Waals surface area contributed by atoms with Crippen molar-refractivity contribution in [3.05, 3.63) is 17.7 Å². The molecule has 114 valence electrons. The van der Waals surface area contributed by atoms with Gasteiger partial charge in [-0.25, -0.2) is 0 Å². The Balaban J connectivity index is 2.95. The van der Waals surface area contributed by atoms with Crippen LogP contribution in [0.5, 0.6) is 17.2 Å². The van der Waals surface area contributed by atoms with Gasteiger partial charge in [-0.2, -0.15) is 0 Å². The second-order valence-electron chi connectivity index (χ2n) is 4.93. The third-order valence-electron chi connectivity index (χ3n) is 3.31. The van der Waals surface area contributed by atoms with Crippen LogP contribution in [-0.4, -0.2) is 27.4 Å². The van der Waals surface area contributed by atoms with Crippen LogP contribution in [0.4, 0.5) is 0 Å². The molecule has 4 heteroatoms. The summed E-state index contributed by atoms with van der Waals surface area (Å²) in [5.41, 5.74) is 1.12. The van der Waals surface area contributed by atoms with Crippen LogP contribution in [-0.2, 0) is 6.54 Å². The van der Waals surface area contributed by atoms with E-state index in [2.05, 4.69) is 26.1 Å². The Labute approximate surface area is 122 Å². The highest BCUT2D eigenvalue weighted by Gasteiger charge is 2.15. The summed E-state index contributed by atoms with van der Waals surface area (Å²) in [5, 5.41) is 3.29. The average molecular weight is 281 g/mol. The van der Waals surface area contributed by atoms with Crippen molar-refractivity contribution >= 4 is 0 Å². The summed E-state index contributed by atoms with van der Waals surface area (Å²) >= 11 is 0. The van der Waals surface area contributed by atoms with Crippen LogP contribution in [0.15, 0.2) is 12.1 Å². The molecule has 0 aromatic heterocycles. The Bertz CT molecular complexity index is 382. The molecule has 0 aliphatic carbocycles. The van der Waals surface area contributed by atoms with Gasteiger partial charge in [0.15, 0.2) is 11.5 Å². The zero-order valence-corrected chi connectivity index (χ0v) is 13.3. The number of hydrogen-bond acceptors (Lipinski definition) is 4. The van der Waals surface area contributed by atoms with Crippen molar-refractivity contribution in [1.82, 2.24) is 5.32 Å². The molecule has 0 aliphatic heterocycles. The fourth-order valence-corrected chi connectivity index (χ4v) is 1.79. The highest BCUT2D eigenvalue weighted by molar-refractivity contribution is 5.53. The lowest BCUT2D eigenvalue weighted by atomic mass is 10.1. The zero-order chi connectivity index (χ0) is 15.0. The van der Waals surface area contributed by atoms with Crippen LogP contribution >= 0.6 is 0 Å². The largest absolute Gasteiger partial charge is 0.493 e. The first kappa shape index (κ1) is 16.6. The fourth-order valence-electron chi connectivity index (χ4n) is 1.79. The molecule has 0 saturated heterocycles. The minimum absolute atomic E-state index is 0.505. The van der Waals surface area contributed by atoms with E-state index in [0.29, 0.717) is 18.3 Å². The SMILES string of the molecule is CCNCc1cc(OC)c(OCC(C)CC)c(OC)c1. The molecule has 1 atom stereocenters. The average Bonchev–Trinajstić information content (AvgIpc) is 2.49. The molecule has 0 spiro atoms. The minimum Gasteiger partial charge on any atom is -0.493 e. The first-order chi connectivity index (χ1) is 9.65. The summed E-state index contributed by atoms with van der Waals surface area (Å²) < 4.78 is 16.8. The van der Waals surface area contributed by atoms with Crippen LogP contribution in [0, 0.1) is 5.92 Å². The van der Waals surface area contributed by atoms with Crippen molar-refractivity contribution in [2.45, 2.75) is 33.7 Å². The van der Waals surface area contributed by atoms with Crippen molar-refractivity contribution in [3.63, 3.8) is 0 Å².